The van der Waals surface area contributed by atoms with Crippen molar-refractivity contribution >= 4 is 28.1 Å². The minimum atomic E-state index is -4.73. The summed E-state index contributed by atoms with van der Waals surface area (Å²) in [5.74, 6) is 1.06. The Kier molecular flexibility index (Phi) is 6.09. The molecular formula is C22H20F3N5O4. The molecular weight excluding hydrogens is 455 g/mol. The monoisotopic (exact) mass is 475 g/mol. The van der Waals surface area contributed by atoms with E-state index in [2.05, 4.69) is 20.3 Å². The number of hydrogen-bond acceptors (Lipinski definition) is 8. The highest BCUT2D eigenvalue weighted by Crippen LogP contribution is 2.36. The van der Waals surface area contributed by atoms with Gasteiger partial charge in [-0.2, -0.15) is 18.2 Å². The third-order valence-corrected chi connectivity index (χ3v) is 5.34. The fraction of sp³-hybridized carbons (Fsp3) is 0.318. The van der Waals surface area contributed by atoms with Crippen LogP contribution < -0.4 is 10.1 Å². The number of alkyl halides is 3. The van der Waals surface area contributed by atoms with Crippen LogP contribution in [0.4, 0.5) is 24.7 Å². The number of nitro groups is 1. The van der Waals surface area contributed by atoms with Gasteiger partial charge in [0.2, 0.25) is 5.88 Å². The van der Waals surface area contributed by atoms with Crippen molar-refractivity contribution in [1.29, 1.82) is 0 Å². The minimum absolute atomic E-state index is 0.0829. The Morgan fingerprint density at radius 3 is 2.59 bits per heavy atom. The number of non-ortho nitro benzene ring substituents is 1. The first-order valence-electron chi connectivity index (χ1n) is 10.2. The van der Waals surface area contributed by atoms with Crippen molar-refractivity contribution in [3.05, 3.63) is 63.0 Å². The largest absolute Gasteiger partial charge is 0.481 e. The Balaban J connectivity index is 1.79. The molecule has 3 heterocycles. The van der Waals surface area contributed by atoms with Gasteiger partial charge in [-0.25, -0.2) is 9.97 Å². The number of fused-ring (bicyclic) bond motifs is 1. The molecule has 2 aromatic heterocycles. The predicted molar refractivity (Wildman–Crippen MR) is 118 cm³/mol. The maximum Gasteiger partial charge on any atom is 0.416 e. The van der Waals surface area contributed by atoms with Crippen molar-refractivity contribution in [2.45, 2.75) is 26.1 Å². The number of pyridine rings is 1. The molecule has 0 bridgehead atoms. The predicted octanol–water partition coefficient (Wildman–Crippen LogP) is 4.86. The Bertz CT molecular complexity index is 1310. The number of nitrogens with zero attached hydrogens (tertiary/aromatic N) is 4. The third kappa shape index (κ3) is 4.62. The van der Waals surface area contributed by atoms with Crippen LogP contribution >= 0.6 is 0 Å². The average Bonchev–Trinajstić information content (AvgIpc) is 3.32. The Morgan fingerprint density at radius 2 is 1.97 bits per heavy atom. The number of hydrogen-bond donors (Lipinski definition) is 1. The van der Waals surface area contributed by atoms with Crippen LogP contribution in [0.5, 0.6) is 5.88 Å². The lowest BCUT2D eigenvalue weighted by Gasteiger charge is -2.19. The number of ether oxygens (including phenoxy) is 2. The molecule has 3 aromatic rings. The molecule has 0 unspecified atom stereocenters. The number of halogens is 3. The molecule has 0 radical (unpaired) electrons. The number of anilines is 1. The number of benzene rings is 1. The Hall–Kier alpha value is -3.80. The number of aromatic nitrogens is 3. The van der Waals surface area contributed by atoms with E-state index in [1.54, 1.807) is 19.9 Å². The molecule has 4 rings (SSSR count). The van der Waals surface area contributed by atoms with Gasteiger partial charge in [0, 0.05) is 17.7 Å². The lowest BCUT2D eigenvalue weighted by molar-refractivity contribution is -0.385. The maximum absolute atomic E-state index is 13.3. The molecule has 1 atom stereocenters. The number of nitro benzene ring substituents is 1. The average molecular weight is 475 g/mol. The summed E-state index contributed by atoms with van der Waals surface area (Å²) < 4.78 is 50.8. The maximum atomic E-state index is 13.3. The first-order chi connectivity index (χ1) is 16.1. The van der Waals surface area contributed by atoms with E-state index in [4.69, 9.17) is 9.47 Å². The van der Waals surface area contributed by atoms with Crippen LogP contribution in [0.25, 0.3) is 16.6 Å². The molecule has 1 N–H and O–H groups in total. The molecule has 1 aliphatic heterocycles. The van der Waals surface area contributed by atoms with Crippen LogP contribution in [0.1, 0.15) is 35.5 Å². The molecule has 9 nitrogen and oxygen atoms in total. The molecule has 0 aliphatic carbocycles. The summed E-state index contributed by atoms with van der Waals surface area (Å²) in [6.45, 7) is 4.08. The van der Waals surface area contributed by atoms with Crippen LogP contribution in [0.15, 0.2) is 30.3 Å². The van der Waals surface area contributed by atoms with Crippen molar-refractivity contribution in [2.24, 2.45) is 0 Å². The SMILES string of the molecule is COc1nc2nc(C)nc(N[C@H](C)c3cc([N+](=O)[O-])cc(C(F)(F)F)c3)c2cc1C1=CCOC1. The highest BCUT2D eigenvalue weighted by molar-refractivity contribution is 5.91. The van der Waals surface area contributed by atoms with E-state index < -0.39 is 28.4 Å². The van der Waals surface area contributed by atoms with Crippen molar-refractivity contribution in [3.63, 3.8) is 0 Å². The van der Waals surface area contributed by atoms with E-state index >= 15 is 0 Å². The fourth-order valence-corrected chi connectivity index (χ4v) is 3.66. The molecule has 12 heteroatoms. The summed E-state index contributed by atoms with van der Waals surface area (Å²) in [6.07, 6.45) is -2.83. The zero-order valence-corrected chi connectivity index (χ0v) is 18.4. The fourth-order valence-electron chi connectivity index (χ4n) is 3.66. The van der Waals surface area contributed by atoms with Gasteiger partial charge in [0.15, 0.2) is 5.65 Å². The van der Waals surface area contributed by atoms with E-state index in [1.165, 1.54) is 7.11 Å². The normalized spacial score (nSPS) is 14.7. The molecule has 1 aliphatic rings. The lowest BCUT2D eigenvalue weighted by atomic mass is 10.0. The zero-order chi connectivity index (χ0) is 24.6. The van der Waals surface area contributed by atoms with Gasteiger partial charge in [-0.15, -0.1) is 0 Å². The van der Waals surface area contributed by atoms with Gasteiger partial charge >= 0.3 is 6.18 Å². The summed E-state index contributed by atoms with van der Waals surface area (Å²) in [5, 5.41) is 14.8. The first-order valence-corrected chi connectivity index (χ1v) is 10.2. The molecule has 0 spiro atoms. The molecule has 0 saturated heterocycles. The Morgan fingerprint density at radius 1 is 1.21 bits per heavy atom. The van der Waals surface area contributed by atoms with E-state index in [0.717, 1.165) is 17.7 Å². The summed E-state index contributed by atoms with van der Waals surface area (Å²) >= 11 is 0. The quantitative estimate of drug-likeness (QED) is 0.398. The lowest BCUT2D eigenvalue weighted by Crippen LogP contribution is -2.13. The van der Waals surface area contributed by atoms with Crippen LogP contribution in [-0.2, 0) is 10.9 Å². The highest BCUT2D eigenvalue weighted by Gasteiger charge is 2.33. The van der Waals surface area contributed by atoms with E-state index in [9.17, 15) is 23.3 Å². The third-order valence-electron chi connectivity index (χ3n) is 5.34. The van der Waals surface area contributed by atoms with Crippen LogP contribution in [0, 0.1) is 17.0 Å². The van der Waals surface area contributed by atoms with Gasteiger partial charge in [0.25, 0.3) is 5.69 Å². The number of nitrogens with one attached hydrogen (secondary N) is 1. The minimum Gasteiger partial charge on any atom is -0.481 e. The Labute approximate surface area is 191 Å². The summed E-state index contributed by atoms with van der Waals surface area (Å²) in [4.78, 5) is 23.6. The molecule has 0 amide bonds. The van der Waals surface area contributed by atoms with Crippen molar-refractivity contribution in [3.8, 4) is 5.88 Å². The number of methoxy groups -OCH3 is 1. The van der Waals surface area contributed by atoms with E-state index in [-0.39, 0.29) is 5.56 Å². The van der Waals surface area contributed by atoms with Gasteiger partial charge in [-0.1, -0.05) is 6.08 Å². The standard InChI is InChI=1S/C22H20F3N5O4/c1-11(14-6-15(22(23,24)25)8-16(7-14)30(31)32)26-19-18-9-17(13-4-5-34-10-13)21(33-3)29-20(18)28-12(2)27-19/h4,6-9,11H,5,10H2,1-3H3,(H,26,27,28,29)/t11-/m1/s1. The van der Waals surface area contributed by atoms with Gasteiger partial charge in [-0.3, -0.25) is 10.1 Å². The number of aryl methyl sites for hydroxylation is 1. The van der Waals surface area contributed by atoms with Gasteiger partial charge < -0.3 is 14.8 Å². The van der Waals surface area contributed by atoms with Gasteiger partial charge in [0.1, 0.15) is 11.6 Å². The van der Waals surface area contributed by atoms with Crippen LogP contribution in [-0.4, -0.2) is 40.2 Å². The van der Waals surface area contributed by atoms with Gasteiger partial charge in [0.05, 0.1) is 42.2 Å². The summed E-state index contributed by atoms with van der Waals surface area (Å²) in [5.41, 5.74) is 0.224. The number of rotatable bonds is 6. The van der Waals surface area contributed by atoms with Crippen molar-refractivity contribution in [2.75, 3.05) is 25.6 Å². The highest BCUT2D eigenvalue weighted by atomic mass is 19.4. The first kappa shape index (κ1) is 23.4. The van der Waals surface area contributed by atoms with Crippen LogP contribution in [0.3, 0.4) is 0 Å². The topological polar surface area (TPSA) is 112 Å². The second kappa shape index (κ2) is 8.86. The van der Waals surface area contributed by atoms with E-state index in [1.807, 2.05) is 6.08 Å². The van der Waals surface area contributed by atoms with E-state index in [0.29, 0.717) is 53.4 Å². The van der Waals surface area contributed by atoms with Crippen molar-refractivity contribution in [1.82, 2.24) is 15.0 Å². The second-order valence-electron chi connectivity index (χ2n) is 7.71. The molecule has 0 saturated carbocycles. The second-order valence-corrected chi connectivity index (χ2v) is 7.71. The molecule has 0 fully saturated rings. The van der Waals surface area contributed by atoms with Crippen LogP contribution in [0.2, 0.25) is 0 Å². The zero-order valence-electron chi connectivity index (χ0n) is 18.4. The van der Waals surface area contributed by atoms with Crippen molar-refractivity contribution < 1.29 is 27.6 Å². The molecule has 1 aromatic carbocycles. The smallest absolute Gasteiger partial charge is 0.416 e. The van der Waals surface area contributed by atoms with Gasteiger partial charge in [-0.05, 0) is 37.1 Å². The summed E-state index contributed by atoms with van der Waals surface area (Å²) in [7, 11) is 1.49. The summed E-state index contributed by atoms with van der Waals surface area (Å²) in [6, 6.07) is 3.54. The molecule has 178 valence electrons. The molecule has 34 heavy (non-hydrogen) atoms.